The van der Waals surface area contributed by atoms with Crippen molar-refractivity contribution in [2.45, 2.75) is 0 Å². The molecule has 0 atom stereocenters. The number of hydrogen-bond donors (Lipinski definition) is 0. The van der Waals surface area contributed by atoms with Crippen LogP contribution in [0, 0.1) is 5.82 Å². The molecule has 0 spiro atoms. The van der Waals surface area contributed by atoms with E-state index in [4.69, 9.17) is 4.42 Å². The minimum atomic E-state index is -0.482. The highest BCUT2D eigenvalue weighted by atomic mass is 19.1. The normalized spacial score (nSPS) is 10.1. The molecule has 1 aromatic carbocycles. The maximum Gasteiger partial charge on any atom is 0.196 e. The second-order valence-corrected chi connectivity index (χ2v) is 3.20. The zero-order chi connectivity index (χ0) is 11.5. The first kappa shape index (κ1) is 10.3. The SMILES string of the molecule is O=Cc1cc(C(=O)c2cccc(F)c2)co1. The molecule has 1 aromatic heterocycles. The summed E-state index contributed by atoms with van der Waals surface area (Å²) < 4.78 is 17.7. The highest BCUT2D eigenvalue weighted by Crippen LogP contribution is 2.13. The molecule has 0 amide bonds. The lowest BCUT2D eigenvalue weighted by atomic mass is 10.1. The molecule has 2 rings (SSSR count). The van der Waals surface area contributed by atoms with Crippen LogP contribution in [0.1, 0.15) is 26.5 Å². The predicted octanol–water partition coefficient (Wildman–Crippen LogP) is 2.46. The highest BCUT2D eigenvalue weighted by molar-refractivity contribution is 6.09. The number of ketones is 1. The van der Waals surface area contributed by atoms with Crippen LogP contribution in [-0.4, -0.2) is 12.1 Å². The van der Waals surface area contributed by atoms with Crippen molar-refractivity contribution in [3.63, 3.8) is 0 Å². The van der Waals surface area contributed by atoms with Gasteiger partial charge in [-0.05, 0) is 18.2 Å². The summed E-state index contributed by atoms with van der Waals surface area (Å²) in [6.45, 7) is 0. The van der Waals surface area contributed by atoms with Crippen molar-refractivity contribution in [1.29, 1.82) is 0 Å². The summed E-state index contributed by atoms with van der Waals surface area (Å²) in [5.74, 6) is -0.791. The van der Waals surface area contributed by atoms with Crippen LogP contribution < -0.4 is 0 Å². The van der Waals surface area contributed by atoms with E-state index >= 15 is 0 Å². The second kappa shape index (κ2) is 4.10. The van der Waals surface area contributed by atoms with Gasteiger partial charge < -0.3 is 4.42 Å². The van der Waals surface area contributed by atoms with Crippen LogP contribution in [0.15, 0.2) is 41.0 Å². The quantitative estimate of drug-likeness (QED) is 0.587. The molecule has 4 heteroatoms. The van der Waals surface area contributed by atoms with Gasteiger partial charge in [0.05, 0.1) is 5.56 Å². The Morgan fingerprint density at radius 2 is 2.06 bits per heavy atom. The summed E-state index contributed by atoms with van der Waals surface area (Å²) in [6.07, 6.45) is 1.68. The van der Waals surface area contributed by atoms with E-state index in [0.29, 0.717) is 6.29 Å². The van der Waals surface area contributed by atoms with Gasteiger partial charge in [-0.2, -0.15) is 0 Å². The molecule has 0 fully saturated rings. The second-order valence-electron chi connectivity index (χ2n) is 3.20. The summed E-state index contributed by atoms with van der Waals surface area (Å²) in [5.41, 5.74) is 0.450. The summed E-state index contributed by atoms with van der Waals surface area (Å²) in [4.78, 5) is 22.2. The molecule has 0 bridgehead atoms. The molecular formula is C12H7FO3. The maximum absolute atomic E-state index is 12.9. The fourth-order valence-corrected chi connectivity index (χ4v) is 1.33. The standard InChI is InChI=1S/C12H7FO3/c13-10-3-1-2-8(4-10)12(15)9-5-11(6-14)16-7-9/h1-7H. The Hall–Kier alpha value is -2.23. The Morgan fingerprint density at radius 3 is 2.69 bits per heavy atom. The van der Waals surface area contributed by atoms with Gasteiger partial charge in [-0.15, -0.1) is 0 Å². The van der Waals surface area contributed by atoms with Crippen molar-refractivity contribution >= 4 is 12.1 Å². The largest absolute Gasteiger partial charge is 0.461 e. The Kier molecular flexibility index (Phi) is 2.64. The van der Waals surface area contributed by atoms with E-state index in [2.05, 4.69) is 0 Å². The van der Waals surface area contributed by atoms with Crippen molar-refractivity contribution < 1.29 is 18.4 Å². The molecule has 3 nitrogen and oxygen atoms in total. The third-order valence-electron chi connectivity index (χ3n) is 2.08. The fraction of sp³-hybridized carbons (Fsp3) is 0. The molecule has 0 radical (unpaired) electrons. The topological polar surface area (TPSA) is 47.3 Å². The number of benzene rings is 1. The predicted molar refractivity (Wildman–Crippen MR) is 53.9 cm³/mol. The van der Waals surface area contributed by atoms with Crippen LogP contribution in [0.3, 0.4) is 0 Å². The third-order valence-corrected chi connectivity index (χ3v) is 2.08. The first-order valence-electron chi connectivity index (χ1n) is 4.54. The van der Waals surface area contributed by atoms with Crippen LogP contribution in [0.4, 0.5) is 4.39 Å². The molecule has 1 heterocycles. The van der Waals surface area contributed by atoms with Crippen LogP contribution >= 0.6 is 0 Å². The van der Waals surface area contributed by atoms with Gasteiger partial charge in [0, 0.05) is 5.56 Å². The lowest BCUT2D eigenvalue weighted by Gasteiger charge is -1.96. The van der Waals surface area contributed by atoms with Gasteiger partial charge in [0.15, 0.2) is 17.8 Å². The van der Waals surface area contributed by atoms with Gasteiger partial charge in [-0.25, -0.2) is 4.39 Å². The van der Waals surface area contributed by atoms with E-state index in [1.807, 2.05) is 0 Å². The van der Waals surface area contributed by atoms with Gasteiger partial charge in [-0.1, -0.05) is 12.1 Å². The highest BCUT2D eigenvalue weighted by Gasteiger charge is 2.12. The average Bonchev–Trinajstić information content (AvgIpc) is 2.76. The number of aldehydes is 1. The smallest absolute Gasteiger partial charge is 0.196 e. The van der Waals surface area contributed by atoms with Gasteiger partial charge >= 0.3 is 0 Å². The van der Waals surface area contributed by atoms with Crippen LogP contribution in [0.25, 0.3) is 0 Å². The number of rotatable bonds is 3. The van der Waals surface area contributed by atoms with Crippen molar-refractivity contribution in [3.8, 4) is 0 Å². The molecule has 0 aliphatic carbocycles. The number of carbonyl (C=O) groups excluding carboxylic acids is 2. The first-order valence-corrected chi connectivity index (χ1v) is 4.54. The maximum atomic E-state index is 12.9. The van der Waals surface area contributed by atoms with Crippen molar-refractivity contribution in [2.24, 2.45) is 0 Å². The van der Waals surface area contributed by atoms with E-state index in [1.165, 1.54) is 30.5 Å². The van der Waals surface area contributed by atoms with Gasteiger partial charge in [0.25, 0.3) is 0 Å². The molecule has 0 saturated carbocycles. The van der Waals surface area contributed by atoms with E-state index in [-0.39, 0.29) is 22.7 Å². The molecular weight excluding hydrogens is 211 g/mol. The van der Waals surface area contributed by atoms with Gasteiger partial charge in [-0.3, -0.25) is 9.59 Å². The summed E-state index contributed by atoms with van der Waals surface area (Å²) in [7, 11) is 0. The Bertz CT molecular complexity index is 543. The van der Waals surface area contributed by atoms with Crippen LogP contribution in [0.5, 0.6) is 0 Å². The van der Waals surface area contributed by atoms with E-state index in [9.17, 15) is 14.0 Å². The molecule has 80 valence electrons. The van der Waals surface area contributed by atoms with E-state index in [0.717, 1.165) is 6.07 Å². The molecule has 0 N–H and O–H groups in total. The zero-order valence-corrected chi connectivity index (χ0v) is 8.14. The average molecular weight is 218 g/mol. The number of halogens is 1. The summed E-state index contributed by atoms with van der Waals surface area (Å²) >= 11 is 0. The monoisotopic (exact) mass is 218 g/mol. The number of carbonyl (C=O) groups is 2. The van der Waals surface area contributed by atoms with Gasteiger partial charge in [0.2, 0.25) is 0 Å². The number of hydrogen-bond acceptors (Lipinski definition) is 3. The molecule has 0 unspecified atom stereocenters. The molecule has 2 aromatic rings. The van der Waals surface area contributed by atoms with E-state index < -0.39 is 5.82 Å². The summed E-state index contributed by atoms with van der Waals surface area (Å²) in [5, 5.41) is 0. The Morgan fingerprint density at radius 1 is 1.25 bits per heavy atom. The molecule has 0 aliphatic heterocycles. The van der Waals surface area contributed by atoms with Crippen molar-refractivity contribution in [1.82, 2.24) is 0 Å². The van der Waals surface area contributed by atoms with E-state index in [1.54, 1.807) is 0 Å². The molecule has 16 heavy (non-hydrogen) atoms. The number of furan rings is 1. The van der Waals surface area contributed by atoms with Gasteiger partial charge in [0.1, 0.15) is 12.1 Å². The molecule has 0 aliphatic rings. The Labute approximate surface area is 90.5 Å². The minimum absolute atomic E-state index is 0.0692. The Balaban J connectivity index is 2.35. The first-order chi connectivity index (χ1) is 7.70. The fourth-order valence-electron chi connectivity index (χ4n) is 1.33. The lowest BCUT2D eigenvalue weighted by molar-refractivity contribution is 0.103. The van der Waals surface area contributed by atoms with Crippen LogP contribution in [0.2, 0.25) is 0 Å². The van der Waals surface area contributed by atoms with Crippen molar-refractivity contribution in [3.05, 3.63) is 59.3 Å². The van der Waals surface area contributed by atoms with Crippen LogP contribution in [-0.2, 0) is 0 Å². The lowest BCUT2D eigenvalue weighted by Crippen LogP contribution is -1.99. The molecule has 0 saturated heterocycles. The minimum Gasteiger partial charge on any atom is -0.461 e. The summed E-state index contributed by atoms with van der Waals surface area (Å²) in [6, 6.07) is 6.65. The third kappa shape index (κ3) is 1.91. The zero-order valence-electron chi connectivity index (χ0n) is 8.14. The van der Waals surface area contributed by atoms with Crippen molar-refractivity contribution in [2.75, 3.05) is 0 Å².